The lowest BCUT2D eigenvalue weighted by molar-refractivity contribution is 0.377. The first-order valence-corrected chi connectivity index (χ1v) is 10.6. The molecule has 1 unspecified atom stereocenters. The standard InChI is InChI=1S/C23H32N2S/c1-17(11-12-21-19(3)10-7-13-22(21,4)5)8-6-9-18(2)14-20-15-24-23(25-20)16-26-23/h6,8-9,11-12,14-15,24-25H,7,10,13,16H2,1-5H3/b9-6+,12-11+,17-8+,18-14+. The minimum atomic E-state index is 0.108. The molecule has 0 aromatic heterocycles. The highest BCUT2D eigenvalue weighted by molar-refractivity contribution is 8.07. The molecule has 0 bridgehead atoms. The zero-order valence-electron chi connectivity index (χ0n) is 16.8. The third-order valence-electron chi connectivity index (χ3n) is 5.40. The van der Waals surface area contributed by atoms with E-state index in [1.807, 2.05) is 11.8 Å². The number of hydrogen-bond donors (Lipinski definition) is 2. The molecule has 2 nitrogen and oxygen atoms in total. The summed E-state index contributed by atoms with van der Waals surface area (Å²) in [6, 6.07) is 0. The topological polar surface area (TPSA) is 24.1 Å². The smallest absolute Gasteiger partial charge is 0.166 e. The Hall–Kier alpha value is -1.61. The second-order valence-corrected chi connectivity index (χ2v) is 9.68. The van der Waals surface area contributed by atoms with Crippen LogP contribution in [-0.2, 0) is 0 Å². The van der Waals surface area contributed by atoms with Crippen LogP contribution in [0.2, 0.25) is 0 Å². The van der Waals surface area contributed by atoms with E-state index in [2.05, 4.69) is 87.9 Å². The van der Waals surface area contributed by atoms with Gasteiger partial charge in [0.2, 0.25) is 0 Å². The molecule has 3 aliphatic rings. The first-order chi connectivity index (χ1) is 12.3. The highest BCUT2D eigenvalue weighted by Crippen LogP contribution is 2.42. The van der Waals surface area contributed by atoms with Crippen molar-refractivity contribution < 1.29 is 0 Å². The van der Waals surface area contributed by atoms with E-state index in [0.717, 1.165) is 5.75 Å². The number of thioether (sulfide) groups is 1. The molecule has 1 aliphatic carbocycles. The van der Waals surface area contributed by atoms with E-state index in [1.54, 1.807) is 5.57 Å². The van der Waals surface area contributed by atoms with Gasteiger partial charge in [-0.1, -0.05) is 55.4 Å². The lowest BCUT2D eigenvalue weighted by Gasteiger charge is -2.32. The number of allylic oxidation sites excluding steroid dienone is 10. The average molecular weight is 369 g/mol. The Labute approximate surface area is 163 Å². The molecule has 2 heterocycles. The van der Waals surface area contributed by atoms with Crippen LogP contribution in [0, 0.1) is 5.41 Å². The molecular formula is C23H32N2S. The minimum Gasteiger partial charge on any atom is -0.358 e. The number of rotatable bonds is 5. The van der Waals surface area contributed by atoms with Crippen molar-refractivity contribution in [3.05, 3.63) is 70.6 Å². The van der Waals surface area contributed by atoms with Crippen molar-refractivity contribution in [2.24, 2.45) is 5.41 Å². The molecule has 1 atom stereocenters. The number of nitrogens with one attached hydrogen (secondary N) is 2. The van der Waals surface area contributed by atoms with E-state index < -0.39 is 0 Å². The van der Waals surface area contributed by atoms with Crippen LogP contribution in [-0.4, -0.2) is 10.7 Å². The van der Waals surface area contributed by atoms with Crippen LogP contribution in [0.3, 0.4) is 0 Å². The molecule has 2 aliphatic heterocycles. The summed E-state index contributed by atoms with van der Waals surface area (Å²) in [6.45, 7) is 11.3. The van der Waals surface area contributed by atoms with Crippen molar-refractivity contribution in [2.45, 2.75) is 58.9 Å². The molecular weight excluding hydrogens is 336 g/mol. The molecule has 0 saturated carbocycles. The van der Waals surface area contributed by atoms with E-state index in [-0.39, 0.29) is 4.99 Å². The summed E-state index contributed by atoms with van der Waals surface area (Å²) in [6.07, 6.45) is 19.2. The lowest BCUT2D eigenvalue weighted by Crippen LogP contribution is -2.34. The first-order valence-electron chi connectivity index (χ1n) is 9.61. The molecule has 0 aromatic carbocycles. The predicted octanol–water partition coefficient (Wildman–Crippen LogP) is 5.95. The minimum absolute atomic E-state index is 0.108. The largest absolute Gasteiger partial charge is 0.358 e. The molecule has 3 heteroatoms. The summed E-state index contributed by atoms with van der Waals surface area (Å²) in [4.78, 5) is 0.108. The van der Waals surface area contributed by atoms with Crippen LogP contribution in [0.5, 0.6) is 0 Å². The van der Waals surface area contributed by atoms with Crippen molar-refractivity contribution >= 4 is 11.8 Å². The van der Waals surface area contributed by atoms with Crippen LogP contribution < -0.4 is 10.6 Å². The summed E-state index contributed by atoms with van der Waals surface area (Å²) in [7, 11) is 0. The molecule has 1 fully saturated rings. The third kappa shape index (κ3) is 4.76. The van der Waals surface area contributed by atoms with Gasteiger partial charge in [-0.3, -0.25) is 0 Å². The molecule has 0 amide bonds. The summed E-state index contributed by atoms with van der Waals surface area (Å²) in [5, 5.41) is 6.90. The molecule has 3 rings (SSSR count). The van der Waals surface area contributed by atoms with Crippen LogP contribution in [0.15, 0.2) is 70.6 Å². The van der Waals surface area contributed by atoms with Crippen LogP contribution >= 0.6 is 11.8 Å². The summed E-state index contributed by atoms with van der Waals surface area (Å²) in [5.41, 5.74) is 7.07. The van der Waals surface area contributed by atoms with Gasteiger partial charge in [0, 0.05) is 12.0 Å². The van der Waals surface area contributed by atoms with Crippen molar-refractivity contribution in [3.8, 4) is 0 Å². The Morgan fingerprint density at radius 1 is 1.19 bits per heavy atom. The van der Waals surface area contributed by atoms with Crippen LogP contribution in [0.25, 0.3) is 0 Å². The van der Waals surface area contributed by atoms with Gasteiger partial charge in [-0.2, -0.15) is 0 Å². The van der Waals surface area contributed by atoms with Crippen molar-refractivity contribution in [1.82, 2.24) is 10.6 Å². The Morgan fingerprint density at radius 3 is 2.62 bits per heavy atom. The zero-order valence-corrected chi connectivity index (χ0v) is 17.6. The van der Waals surface area contributed by atoms with E-state index >= 15 is 0 Å². The average Bonchev–Trinajstić information content (AvgIpc) is 3.19. The van der Waals surface area contributed by atoms with E-state index in [9.17, 15) is 0 Å². The molecule has 0 radical (unpaired) electrons. The Morgan fingerprint density at radius 2 is 1.96 bits per heavy atom. The molecule has 0 aromatic rings. The molecule has 1 spiro atoms. The Kier molecular flexibility index (Phi) is 5.57. The normalized spacial score (nSPS) is 28.7. The maximum absolute atomic E-state index is 3.51. The van der Waals surface area contributed by atoms with Crippen molar-refractivity contribution in [1.29, 1.82) is 0 Å². The second-order valence-electron chi connectivity index (χ2n) is 8.41. The van der Waals surface area contributed by atoms with Gasteiger partial charge >= 0.3 is 0 Å². The van der Waals surface area contributed by atoms with E-state index in [0.29, 0.717) is 5.41 Å². The summed E-state index contributed by atoms with van der Waals surface area (Å²) >= 11 is 1.91. The van der Waals surface area contributed by atoms with Gasteiger partial charge in [-0.15, -0.1) is 11.8 Å². The van der Waals surface area contributed by atoms with Gasteiger partial charge in [0.05, 0.1) is 5.70 Å². The predicted molar refractivity (Wildman–Crippen MR) is 116 cm³/mol. The molecule has 1 saturated heterocycles. The molecule has 26 heavy (non-hydrogen) atoms. The Bertz CT molecular complexity index is 740. The SMILES string of the molecule is CC1=C(/C=C/C(C)=C/C=C/C(C)=C/C2=CNC3(CS3)N2)C(C)(C)CCC1. The van der Waals surface area contributed by atoms with Crippen LogP contribution in [0.1, 0.15) is 53.9 Å². The zero-order chi connectivity index (χ0) is 18.8. The van der Waals surface area contributed by atoms with Gasteiger partial charge in [0.25, 0.3) is 0 Å². The quantitative estimate of drug-likeness (QED) is 0.463. The highest BCUT2D eigenvalue weighted by atomic mass is 32.2. The van der Waals surface area contributed by atoms with Gasteiger partial charge in [-0.25, -0.2) is 0 Å². The number of hydrogen-bond acceptors (Lipinski definition) is 3. The fourth-order valence-electron chi connectivity index (χ4n) is 3.73. The van der Waals surface area contributed by atoms with Crippen molar-refractivity contribution in [2.75, 3.05) is 5.75 Å². The Balaban J connectivity index is 1.58. The highest BCUT2D eigenvalue weighted by Gasteiger charge is 2.46. The molecule has 140 valence electrons. The fourth-order valence-corrected chi connectivity index (χ4v) is 4.36. The first kappa shape index (κ1) is 19.2. The maximum atomic E-state index is 3.51. The second kappa shape index (κ2) is 7.56. The van der Waals surface area contributed by atoms with Gasteiger partial charge < -0.3 is 10.6 Å². The summed E-state index contributed by atoms with van der Waals surface area (Å²) in [5.74, 6) is 1.14. The van der Waals surface area contributed by atoms with E-state index in [1.165, 1.54) is 41.7 Å². The third-order valence-corrected chi connectivity index (χ3v) is 6.48. The fraction of sp³-hybridized carbons (Fsp3) is 0.478. The maximum Gasteiger partial charge on any atom is 0.166 e. The summed E-state index contributed by atoms with van der Waals surface area (Å²) < 4.78 is 0. The van der Waals surface area contributed by atoms with Gasteiger partial charge in [-0.05, 0) is 62.7 Å². The monoisotopic (exact) mass is 368 g/mol. The van der Waals surface area contributed by atoms with Crippen molar-refractivity contribution in [3.63, 3.8) is 0 Å². The van der Waals surface area contributed by atoms with Gasteiger partial charge in [0.15, 0.2) is 4.99 Å². The molecule has 2 N–H and O–H groups in total. The lowest BCUT2D eigenvalue weighted by atomic mass is 9.72. The van der Waals surface area contributed by atoms with Gasteiger partial charge in [0.1, 0.15) is 0 Å². The van der Waals surface area contributed by atoms with Crippen LogP contribution in [0.4, 0.5) is 0 Å². The van der Waals surface area contributed by atoms with E-state index in [4.69, 9.17) is 0 Å².